The molecule has 0 radical (unpaired) electrons. The fourth-order valence-corrected chi connectivity index (χ4v) is 2.80. The van der Waals surface area contributed by atoms with E-state index in [1.165, 1.54) is 0 Å². The highest BCUT2D eigenvalue weighted by atomic mass is 15.3. The quantitative estimate of drug-likeness (QED) is 0.618. The molecule has 0 spiro atoms. The van der Waals surface area contributed by atoms with Crippen molar-refractivity contribution in [2.75, 3.05) is 5.32 Å². The summed E-state index contributed by atoms with van der Waals surface area (Å²) in [6.07, 6.45) is 1.69. The van der Waals surface area contributed by atoms with Crippen LogP contribution >= 0.6 is 0 Å². The van der Waals surface area contributed by atoms with Crippen molar-refractivity contribution in [2.45, 2.75) is 6.54 Å². The number of fused-ring (bicyclic) bond motifs is 1. The van der Waals surface area contributed by atoms with Crippen molar-refractivity contribution >= 4 is 11.5 Å². The Kier molecular flexibility index (Phi) is 3.85. The third kappa shape index (κ3) is 2.81. The van der Waals surface area contributed by atoms with Crippen molar-refractivity contribution in [3.63, 3.8) is 0 Å². The van der Waals surface area contributed by atoms with Crippen LogP contribution in [0, 0.1) is 11.3 Å². The first-order chi connectivity index (χ1) is 12.4. The number of anilines is 1. The summed E-state index contributed by atoms with van der Waals surface area (Å²) in [5, 5.41) is 17.5. The van der Waals surface area contributed by atoms with Gasteiger partial charge in [-0.15, -0.1) is 0 Å². The Morgan fingerprint density at radius 1 is 0.960 bits per heavy atom. The van der Waals surface area contributed by atoms with Crippen LogP contribution in [0.4, 0.5) is 5.82 Å². The molecule has 0 aliphatic carbocycles. The van der Waals surface area contributed by atoms with Gasteiger partial charge in [0.05, 0.1) is 11.9 Å². The Hall–Kier alpha value is -3.65. The van der Waals surface area contributed by atoms with Crippen LogP contribution in [0.1, 0.15) is 11.1 Å². The van der Waals surface area contributed by atoms with E-state index in [2.05, 4.69) is 21.5 Å². The van der Waals surface area contributed by atoms with Gasteiger partial charge in [-0.1, -0.05) is 60.7 Å². The minimum Gasteiger partial charge on any atom is -0.365 e. The number of nitrogens with zero attached hydrogens (tertiary/aromatic N) is 4. The summed E-state index contributed by atoms with van der Waals surface area (Å²) in [6, 6.07) is 23.9. The Morgan fingerprint density at radius 3 is 2.40 bits per heavy atom. The summed E-state index contributed by atoms with van der Waals surface area (Å²) in [5.41, 5.74) is 3.88. The summed E-state index contributed by atoms with van der Waals surface area (Å²) >= 11 is 0. The molecule has 0 atom stereocenters. The van der Waals surface area contributed by atoms with Crippen LogP contribution in [0.15, 0.2) is 72.9 Å². The first-order valence-electron chi connectivity index (χ1n) is 7.98. The number of hydrogen-bond donors (Lipinski definition) is 1. The molecule has 0 aliphatic rings. The van der Waals surface area contributed by atoms with E-state index < -0.39 is 0 Å². The molecule has 0 saturated heterocycles. The summed E-state index contributed by atoms with van der Waals surface area (Å²) in [6.45, 7) is 0.600. The van der Waals surface area contributed by atoms with Gasteiger partial charge in [0.15, 0.2) is 5.65 Å². The average Bonchev–Trinajstić information content (AvgIpc) is 3.15. The molecule has 1 N–H and O–H groups in total. The maximum atomic E-state index is 9.78. The van der Waals surface area contributed by atoms with Crippen molar-refractivity contribution in [3.05, 3.63) is 84.1 Å². The van der Waals surface area contributed by atoms with Gasteiger partial charge in [0.25, 0.3) is 0 Å². The smallest absolute Gasteiger partial charge is 0.158 e. The van der Waals surface area contributed by atoms with Gasteiger partial charge >= 0.3 is 0 Å². The molecule has 0 saturated carbocycles. The number of benzene rings is 2. The van der Waals surface area contributed by atoms with Crippen LogP contribution in [-0.2, 0) is 6.54 Å². The molecule has 5 nitrogen and oxygen atoms in total. The van der Waals surface area contributed by atoms with Gasteiger partial charge in [-0.2, -0.15) is 14.9 Å². The zero-order chi connectivity index (χ0) is 17.1. The van der Waals surface area contributed by atoms with Crippen molar-refractivity contribution < 1.29 is 0 Å². The van der Waals surface area contributed by atoms with E-state index in [4.69, 9.17) is 0 Å². The van der Waals surface area contributed by atoms with E-state index in [9.17, 15) is 5.26 Å². The molecular formula is C20H15N5. The van der Waals surface area contributed by atoms with E-state index in [-0.39, 0.29) is 0 Å². The molecule has 0 fully saturated rings. The molecule has 2 aromatic heterocycles. The molecule has 2 aromatic carbocycles. The highest BCUT2D eigenvalue weighted by Gasteiger charge is 2.17. The number of nitriles is 1. The Labute approximate surface area is 145 Å². The van der Waals surface area contributed by atoms with Gasteiger partial charge in [-0.25, -0.2) is 4.98 Å². The van der Waals surface area contributed by atoms with E-state index in [0.717, 1.165) is 11.1 Å². The SMILES string of the molecule is N#Cc1c(-c2ccccc2)nc2ccnn2c1NCc1ccccc1. The van der Waals surface area contributed by atoms with Crippen LogP contribution in [0.3, 0.4) is 0 Å². The highest BCUT2D eigenvalue weighted by molar-refractivity contribution is 5.75. The fourth-order valence-electron chi connectivity index (χ4n) is 2.80. The summed E-state index contributed by atoms with van der Waals surface area (Å²) < 4.78 is 1.67. The Bertz CT molecular complexity index is 1050. The second-order valence-electron chi connectivity index (χ2n) is 5.60. The summed E-state index contributed by atoms with van der Waals surface area (Å²) in [5.74, 6) is 0.653. The van der Waals surface area contributed by atoms with Gasteiger partial charge in [0, 0.05) is 18.2 Å². The molecule has 4 rings (SSSR count). The largest absolute Gasteiger partial charge is 0.365 e. The lowest BCUT2D eigenvalue weighted by atomic mass is 10.1. The molecule has 0 bridgehead atoms. The van der Waals surface area contributed by atoms with Gasteiger partial charge in [0.2, 0.25) is 0 Å². The lowest BCUT2D eigenvalue weighted by molar-refractivity contribution is 0.922. The van der Waals surface area contributed by atoms with E-state index in [0.29, 0.717) is 29.3 Å². The maximum absolute atomic E-state index is 9.78. The lowest BCUT2D eigenvalue weighted by Gasteiger charge is -2.13. The Morgan fingerprint density at radius 2 is 1.68 bits per heavy atom. The van der Waals surface area contributed by atoms with Crippen LogP contribution in [0.25, 0.3) is 16.9 Å². The molecule has 2 heterocycles. The monoisotopic (exact) mass is 325 g/mol. The number of rotatable bonds is 4. The van der Waals surface area contributed by atoms with Gasteiger partial charge in [-0.3, -0.25) is 0 Å². The van der Waals surface area contributed by atoms with E-state index in [1.54, 1.807) is 10.7 Å². The van der Waals surface area contributed by atoms with E-state index in [1.807, 2.05) is 66.7 Å². The van der Waals surface area contributed by atoms with E-state index >= 15 is 0 Å². The minimum atomic E-state index is 0.485. The lowest BCUT2D eigenvalue weighted by Crippen LogP contribution is -2.10. The number of aromatic nitrogens is 3. The van der Waals surface area contributed by atoms with Crippen molar-refractivity contribution in [3.8, 4) is 17.3 Å². The predicted octanol–water partition coefficient (Wildman–Crippen LogP) is 3.88. The highest BCUT2D eigenvalue weighted by Crippen LogP contribution is 2.28. The second-order valence-corrected chi connectivity index (χ2v) is 5.60. The molecular weight excluding hydrogens is 310 g/mol. The predicted molar refractivity (Wildman–Crippen MR) is 96.9 cm³/mol. The molecule has 0 unspecified atom stereocenters. The van der Waals surface area contributed by atoms with Crippen LogP contribution in [0.2, 0.25) is 0 Å². The Balaban J connectivity index is 1.84. The second kappa shape index (κ2) is 6.46. The van der Waals surface area contributed by atoms with Crippen molar-refractivity contribution in [1.29, 1.82) is 5.26 Å². The van der Waals surface area contributed by atoms with Gasteiger partial charge in [0.1, 0.15) is 17.5 Å². The molecule has 25 heavy (non-hydrogen) atoms. The van der Waals surface area contributed by atoms with Crippen LogP contribution in [-0.4, -0.2) is 14.6 Å². The molecule has 5 heteroatoms. The zero-order valence-electron chi connectivity index (χ0n) is 13.4. The summed E-state index contributed by atoms with van der Waals surface area (Å²) in [4.78, 5) is 4.63. The molecule has 0 aliphatic heterocycles. The minimum absolute atomic E-state index is 0.485. The zero-order valence-corrected chi connectivity index (χ0v) is 13.4. The first-order valence-corrected chi connectivity index (χ1v) is 7.98. The topological polar surface area (TPSA) is 66.0 Å². The maximum Gasteiger partial charge on any atom is 0.158 e. The third-order valence-corrected chi connectivity index (χ3v) is 4.00. The first kappa shape index (κ1) is 14.9. The number of nitrogens with one attached hydrogen (secondary N) is 1. The van der Waals surface area contributed by atoms with Crippen LogP contribution < -0.4 is 5.32 Å². The van der Waals surface area contributed by atoms with Gasteiger partial charge < -0.3 is 5.32 Å². The normalized spacial score (nSPS) is 10.5. The standard InChI is InChI=1S/C20H15N5/c21-13-17-19(16-9-5-2-6-10-16)24-18-11-12-23-25(18)20(17)22-14-15-7-3-1-4-8-15/h1-12,22H,14H2. The average molecular weight is 325 g/mol. The number of hydrogen-bond acceptors (Lipinski definition) is 4. The fraction of sp³-hybridized carbons (Fsp3) is 0.0500. The van der Waals surface area contributed by atoms with Crippen molar-refractivity contribution in [1.82, 2.24) is 14.6 Å². The summed E-state index contributed by atoms with van der Waals surface area (Å²) in [7, 11) is 0. The third-order valence-electron chi connectivity index (χ3n) is 4.00. The molecule has 0 amide bonds. The molecule has 4 aromatic rings. The molecule has 120 valence electrons. The van der Waals surface area contributed by atoms with Crippen molar-refractivity contribution in [2.24, 2.45) is 0 Å². The van der Waals surface area contributed by atoms with Gasteiger partial charge in [-0.05, 0) is 5.56 Å². The van der Waals surface area contributed by atoms with Crippen LogP contribution in [0.5, 0.6) is 0 Å².